The molecule has 3 rings (SSSR count). The summed E-state index contributed by atoms with van der Waals surface area (Å²) in [5, 5.41) is 1.25. The molecular weight excluding hydrogens is 264 g/mol. The molecule has 1 aliphatic heterocycles. The van der Waals surface area contributed by atoms with Crippen LogP contribution in [0.25, 0.3) is 0 Å². The van der Waals surface area contributed by atoms with Crippen molar-refractivity contribution in [2.24, 2.45) is 11.7 Å². The van der Waals surface area contributed by atoms with Crippen LogP contribution in [-0.4, -0.2) is 33.6 Å². The topological polar surface area (TPSA) is 29.3 Å². The maximum atomic E-state index is 6.35. The largest absolute Gasteiger partial charge is 0.307 e. The quantitative estimate of drug-likeness (QED) is 0.790. The van der Waals surface area contributed by atoms with E-state index in [2.05, 4.69) is 4.90 Å². The predicted octanol–water partition coefficient (Wildman–Crippen LogP) is 3.39. The van der Waals surface area contributed by atoms with E-state index in [1.165, 1.54) is 57.9 Å². The Balaban J connectivity index is 1.57. The summed E-state index contributed by atoms with van der Waals surface area (Å²) in [7, 11) is 0. The van der Waals surface area contributed by atoms with Crippen molar-refractivity contribution in [1.29, 1.82) is 0 Å². The van der Waals surface area contributed by atoms with Crippen LogP contribution >= 0.6 is 23.4 Å². The summed E-state index contributed by atoms with van der Waals surface area (Å²) in [4.78, 5) is 2.62. The average molecular weight is 289 g/mol. The standard InChI is InChI=1S/C14H25ClN2S/c15-11-7-5-10(6-8-11)9-17-12-3-1-2-4-13(12)18-14(17)16/h10-14H,1-9,16H2. The Labute approximate surface area is 120 Å². The molecule has 18 heavy (non-hydrogen) atoms. The Bertz CT molecular complexity index is 281. The first kappa shape index (κ1) is 13.5. The molecule has 2 aliphatic carbocycles. The van der Waals surface area contributed by atoms with Gasteiger partial charge in [-0.15, -0.1) is 23.4 Å². The fourth-order valence-corrected chi connectivity index (χ4v) is 5.69. The highest BCUT2D eigenvalue weighted by molar-refractivity contribution is 8.00. The van der Waals surface area contributed by atoms with Gasteiger partial charge in [0, 0.05) is 23.2 Å². The summed E-state index contributed by atoms with van der Waals surface area (Å²) < 4.78 is 0. The molecule has 3 atom stereocenters. The first-order valence-corrected chi connectivity index (χ1v) is 8.93. The summed E-state index contributed by atoms with van der Waals surface area (Å²) in [6, 6.07) is 0.771. The number of alkyl halides is 1. The second kappa shape index (κ2) is 5.90. The van der Waals surface area contributed by atoms with E-state index in [9.17, 15) is 0 Å². The van der Waals surface area contributed by atoms with E-state index in [0.29, 0.717) is 5.38 Å². The van der Waals surface area contributed by atoms with Gasteiger partial charge in [0.1, 0.15) is 5.50 Å². The Kier molecular flexibility index (Phi) is 4.44. The van der Waals surface area contributed by atoms with E-state index in [4.69, 9.17) is 17.3 Å². The van der Waals surface area contributed by atoms with Crippen molar-refractivity contribution in [1.82, 2.24) is 4.90 Å². The highest BCUT2D eigenvalue weighted by atomic mass is 35.5. The van der Waals surface area contributed by atoms with Crippen LogP contribution in [0.2, 0.25) is 0 Å². The maximum Gasteiger partial charge on any atom is 0.106 e. The molecule has 2 saturated carbocycles. The van der Waals surface area contributed by atoms with E-state index in [-0.39, 0.29) is 5.50 Å². The minimum absolute atomic E-state index is 0.256. The van der Waals surface area contributed by atoms with Crippen LogP contribution in [0.5, 0.6) is 0 Å². The monoisotopic (exact) mass is 288 g/mol. The molecule has 0 bridgehead atoms. The Morgan fingerprint density at radius 1 is 1.06 bits per heavy atom. The SMILES string of the molecule is NC1SC2CCCCC2N1CC1CCC(Cl)CC1. The number of nitrogens with zero attached hydrogens (tertiary/aromatic N) is 1. The van der Waals surface area contributed by atoms with Crippen molar-refractivity contribution in [2.45, 2.75) is 73.5 Å². The second-order valence-corrected chi connectivity index (χ2v) is 8.21. The molecule has 0 radical (unpaired) electrons. The van der Waals surface area contributed by atoms with Gasteiger partial charge in [0.05, 0.1) is 0 Å². The lowest BCUT2D eigenvalue weighted by Crippen LogP contribution is -2.46. The zero-order chi connectivity index (χ0) is 12.5. The van der Waals surface area contributed by atoms with Gasteiger partial charge in [0.15, 0.2) is 0 Å². The van der Waals surface area contributed by atoms with Gasteiger partial charge in [0.25, 0.3) is 0 Å². The average Bonchev–Trinajstić information content (AvgIpc) is 2.69. The van der Waals surface area contributed by atoms with Crippen molar-refractivity contribution in [2.75, 3.05) is 6.54 Å². The maximum absolute atomic E-state index is 6.35. The van der Waals surface area contributed by atoms with E-state index in [1.807, 2.05) is 11.8 Å². The molecule has 104 valence electrons. The summed E-state index contributed by atoms with van der Waals surface area (Å²) in [6.45, 7) is 1.22. The molecule has 0 aromatic rings. The molecule has 3 unspecified atom stereocenters. The molecule has 0 aromatic carbocycles. The van der Waals surface area contributed by atoms with Gasteiger partial charge in [-0.05, 0) is 44.4 Å². The van der Waals surface area contributed by atoms with Crippen LogP contribution in [0.15, 0.2) is 0 Å². The predicted molar refractivity (Wildman–Crippen MR) is 79.9 cm³/mol. The number of rotatable bonds is 2. The van der Waals surface area contributed by atoms with E-state index < -0.39 is 0 Å². The molecule has 0 aromatic heterocycles. The van der Waals surface area contributed by atoms with Gasteiger partial charge in [-0.25, -0.2) is 0 Å². The zero-order valence-electron chi connectivity index (χ0n) is 11.1. The fourth-order valence-electron chi connectivity index (χ4n) is 3.90. The lowest BCUT2D eigenvalue weighted by molar-refractivity contribution is 0.132. The molecule has 0 amide bonds. The van der Waals surface area contributed by atoms with Crippen LogP contribution in [0.3, 0.4) is 0 Å². The van der Waals surface area contributed by atoms with Crippen molar-refractivity contribution in [3.8, 4) is 0 Å². The number of nitrogens with two attached hydrogens (primary N) is 1. The van der Waals surface area contributed by atoms with Gasteiger partial charge in [-0.1, -0.05) is 12.8 Å². The van der Waals surface area contributed by atoms with Crippen LogP contribution in [-0.2, 0) is 0 Å². The second-order valence-electron chi connectivity index (χ2n) is 6.23. The van der Waals surface area contributed by atoms with Crippen LogP contribution in [0.1, 0.15) is 51.4 Å². The minimum Gasteiger partial charge on any atom is -0.307 e. The molecule has 2 N–H and O–H groups in total. The molecule has 1 saturated heterocycles. The lowest BCUT2D eigenvalue weighted by atomic mass is 9.87. The summed E-state index contributed by atoms with van der Waals surface area (Å²) in [5.74, 6) is 0.840. The first-order chi connectivity index (χ1) is 8.74. The highest BCUT2D eigenvalue weighted by Gasteiger charge is 2.41. The number of fused-ring (bicyclic) bond motifs is 1. The lowest BCUT2D eigenvalue weighted by Gasteiger charge is -2.36. The summed E-state index contributed by atoms with van der Waals surface area (Å²) in [5.41, 5.74) is 6.60. The highest BCUT2D eigenvalue weighted by Crippen LogP contribution is 2.42. The molecule has 3 aliphatic rings. The number of thioether (sulfide) groups is 1. The van der Waals surface area contributed by atoms with E-state index in [0.717, 1.165) is 17.2 Å². The van der Waals surface area contributed by atoms with Crippen LogP contribution < -0.4 is 5.73 Å². The zero-order valence-corrected chi connectivity index (χ0v) is 12.6. The third-order valence-corrected chi connectivity index (χ3v) is 6.87. The van der Waals surface area contributed by atoms with Crippen molar-refractivity contribution < 1.29 is 0 Å². The van der Waals surface area contributed by atoms with Crippen molar-refractivity contribution in [3.63, 3.8) is 0 Å². The Morgan fingerprint density at radius 2 is 1.78 bits per heavy atom. The fraction of sp³-hybridized carbons (Fsp3) is 1.00. The van der Waals surface area contributed by atoms with E-state index in [1.54, 1.807) is 0 Å². The summed E-state index contributed by atoms with van der Waals surface area (Å²) >= 11 is 8.22. The number of halogens is 1. The van der Waals surface area contributed by atoms with Crippen LogP contribution in [0.4, 0.5) is 0 Å². The normalized spacial score (nSPS) is 46.0. The molecule has 1 heterocycles. The van der Waals surface area contributed by atoms with Gasteiger partial charge in [-0.3, -0.25) is 4.90 Å². The van der Waals surface area contributed by atoms with Gasteiger partial charge < -0.3 is 5.73 Å². The Hall–Kier alpha value is 0.560. The molecule has 3 fully saturated rings. The summed E-state index contributed by atoms with van der Waals surface area (Å²) in [6.07, 6.45) is 10.6. The van der Waals surface area contributed by atoms with E-state index >= 15 is 0 Å². The van der Waals surface area contributed by atoms with Gasteiger partial charge >= 0.3 is 0 Å². The first-order valence-electron chi connectivity index (χ1n) is 7.55. The molecule has 2 nitrogen and oxygen atoms in total. The van der Waals surface area contributed by atoms with Gasteiger partial charge in [0.2, 0.25) is 0 Å². The molecular formula is C14H25ClN2S. The van der Waals surface area contributed by atoms with Crippen molar-refractivity contribution in [3.05, 3.63) is 0 Å². The van der Waals surface area contributed by atoms with Crippen molar-refractivity contribution >= 4 is 23.4 Å². The van der Waals surface area contributed by atoms with Gasteiger partial charge in [-0.2, -0.15) is 0 Å². The third kappa shape index (κ3) is 2.84. The minimum atomic E-state index is 0.256. The molecule has 4 heteroatoms. The molecule has 0 spiro atoms. The van der Waals surface area contributed by atoms with Crippen LogP contribution in [0, 0.1) is 5.92 Å². The smallest absolute Gasteiger partial charge is 0.106 e. The number of hydrogen-bond donors (Lipinski definition) is 1. The third-order valence-electron chi connectivity index (χ3n) is 4.98. The Morgan fingerprint density at radius 3 is 2.56 bits per heavy atom. The number of hydrogen-bond acceptors (Lipinski definition) is 3.